The Morgan fingerprint density at radius 2 is 2.29 bits per heavy atom. The van der Waals surface area contributed by atoms with Crippen LogP contribution in [0.15, 0.2) is 22.7 Å². The Labute approximate surface area is 110 Å². The van der Waals surface area contributed by atoms with E-state index >= 15 is 0 Å². The number of benzene rings is 1. The van der Waals surface area contributed by atoms with Gasteiger partial charge in [-0.3, -0.25) is 0 Å². The average molecular weight is 312 g/mol. The highest BCUT2D eigenvalue weighted by Gasteiger charge is 2.13. The van der Waals surface area contributed by atoms with Crippen molar-refractivity contribution in [1.82, 2.24) is 4.37 Å². The number of hydrogen-bond acceptors (Lipinski definition) is 4. The molecule has 0 bridgehead atoms. The molecule has 6 heteroatoms. The highest BCUT2D eigenvalue weighted by Crippen LogP contribution is 2.32. The molecular formula is C11H7BrFN3S. The lowest BCUT2D eigenvalue weighted by atomic mass is 10.2. The molecule has 86 valence electrons. The molecule has 1 N–H and O–H groups in total. The highest BCUT2D eigenvalue weighted by atomic mass is 79.9. The molecule has 0 aliphatic rings. The number of aromatic nitrogens is 1. The number of nitriles is 1. The van der Waals surface area contributed by atoms with Crippen molar-refractivity contribution < 1.29 is 4.39 Å². The number of nitrogens with one attached hydrogen (secondary N) is 1. The van der Waals surface area contributed by atoms with E-state index in [0.717, 1.165) is 11.5 Å². The lowest BCUT2D eigenvalue weighted by molar-refractivity contribution is 0.631. The maximum Gasteiger partial charge on any atom is 0.147 e. The first-order valence-corrected chi connectivity index (χ1v) is 6.27. The minimum absolute atomic E-state index is 0.313. The number of hydrogen-bond donors (Lipinski definition) is 1. The predicted molar refractivity (Wildman–Crippen MR) is 68.9 cm³/mol. The van der Waals surface area contributed by atoms with Crippen LogP contribution >= 0.6 is 27.5 Å². The molecule has 2 aromatic rings. The first kappa shape index (κ1) is 12.0. The fourth-order valence-electron chi connectivity index (χ4n) is 1.32. The third kappa shape index (κ3) is 2.30. The maximum atomic E-state index is 13.6. The van der Waals surface area contributed by atoms with Gasteiger partial charge in [0.2, 0.25) is 0 Å². The molecule has 17 heavy (non-hydrogen) atoms. The van der Waals surface area contributed by atoms with Crippen LogP contribution in [0.3, 0.4) is 0 Å². The number of rotatable bonds is 2. The van der Waals surface area contributed by atoms with Crippen molar-refractivity contribution in [3.8, 4) is 6.07 Å². The van der Waals surface area contributed by atoms with Crippen LogP contribution < -0.4 is 5.32 Å². The molecule has 0 spiro atoms. The second-order valence-corrected chi connectivity index (χ2v) is 4.93. The van der Waals surface area contributed by atoms with Gasteiger partial charge in [-0.05, 0) is 46.5 Å². The number of nitrogens with zero attached hydrogens (tertiary/aromatic N) is 2. The van der Waals surface area contributed by atoms with Gasteiger partial charge in [-0.25, -0.2) is 4.39 Å². The summed E-state index contributed by atoms with van der Waals surface area (Å²) in [7, 11) is 0. The van der Waals surface area contributed by atoms with Gasteiger partial charge in [-0.15, -0.1) is 0 Å². The van der Waals surface area contributed by atoms with E-state index in [1.807, 2.05) is 0 Å². The van der Waals surface area contributed by atoms with Crippen LogP contribution in [-0.2, 0) is 0 Å². The van der Waals surface area contributed by atoms with Crippen LogP contribution in [0.2, 0.25) is 0 Å². The predicted octanol–water partition coefficient (Wildman–Crippen LogP) is 3.97. The maximum absolute atomic E-state index is 13.6. The van der Waals surface area contributed by atoms with E-state index in [2.05, 4.69) is 31.7 Å². The van der Waals surface area contributed by atoms with Crippen LogP contribution in [0.1, 0.15) is 11.3 Å². The molecule has 0 radical (unpaired) electrons. The van der Waals surface area contributed by atoms with Crippen LogP contribution in [0, 0.1) is 24.1 Å². The zero-order chi connectivity index (χ0) is 12.4. The van der Waals surface area contributed by atoms with Crippen molar-refractivity contribution >= 4 is 38.2 Å². The van der Waals surface area contributed by atoms with E-state index in [0.29, 0.717) is 26.4 Å². The molecule has 0 atom stereocenters. The molecule has 0 saturated carbocycles. The molecule has 3 nitrogen and oxygen atoms in total. The van der Waals surface area contributed by atoms with Gasteiger partial charge in [-0.1, -0.05) is 6.07 Å². The van der Waals surface area contributed by atoms with Gasteiger partial charge in [0.05, 0.1) is 11.4 Å². The fourth-order valence-corrected chi connectivity index (χ4v) is 2.51. The zero-order valence-corrected chi connectivity index (χ0v) is 11.2. The summed E-state index contributed by atoms with van der Waals surface area (Å²) in [5, 5.41) is 12.4. The smallest absolute Gasteiger partial charge is 0.147 e. The molecule has 0 fully saturated rings. The Bertz CT molecular complexity index is 583. The van der Waals surface area contributed by atoms with Gasteiger partial charge in [-0.2, -0.15) is 9.64 Å². The molecule has 1 aromatic heterocycles. The standard InChI is InChI=1S/C11H7BrFN3S/c1-6-7(5-14)11(17-16-6)15-10-8(12)3-2-4-9(10)13/h2-4,15H,1H3. The quantitative estimate of drug-likeness (QED) is 0.913. The molecule has 2 rings (SSSR count). The minimum atomic E-state index is -0.380. The van der Waals surface area contributed by atoms with E-state index in [1.165, 1.54) is 6.07 Å². The monoisotopic (exact) mass is 311 g/mol. The van der Waals surface area contributed by atoms with E-state index in [-0.39, 0.29) is 5.82 Å². The lowest BCUT2D eigenvalue weighted by Crippen LogP contribution is -1.94. The number of aryl methyl sites for hydroxylation is 1. The number of para-hydroxylation sites is 1. The molecule has 1 heterocycles. The fraction of sp³-hybridized carbons (Fsp3) is 0.0909. The van der Waals surface area contributed by atoms with Crippen molar-refractivity contribution in [2.45, 2.75) is 6.92 Å². The van der Waals surface area contributed by atoms with Crippen molar-refractivity contribution in [3.63, 3.8) is 0 Å². The van der Waals surface area contributed by atoms with Crippen molar-refractivity contribution in [2.24, 2.45) is 0 Å². The van der Waals surface area contributed by atoms with Gasteiger partial charge in [0, 0.05) is 4.47 Å². The minimum Gasteiger partial charge on any atom is -0.342 e. The molecule has 0 aliphatic heterocycles. The largest absolute Gasteiger partial charge is 0.342 e. The van der Waals surface area contributed by atoms with E-state index in [9.17, 15) is 4.39 Å². The van der Waals surface area contributed by atoms with Gasteiger partial charge in [0.25, 0.3) is 0 Å². The van der Waals surface area contributed by atoms with Crippen molar-refractivity contribution in [2.75, 3.05) is 5.32 Å². The van der Waals surface area contributed by atoms with Crippen LogP contribution in [-0.4, -0.2) is 4.37 Å². The first-order chi connectivity index (χ1) is 8.13. The molecular weight excluding hydrogens is 305 g/mol. The topological polar surface area (TPSA) is 48.7 Å². The van der Waals surface area contributed by atoms with E-state index in [4.69, 9.17) is 5.26 Å². The second-order valence-electron chi connectivity index (χ2n) is 3.31. The summed E-state index contributed by atoms with van der Waals surface area (Å²) < 4.78 is 18.3. The van der Waals surface area contributed by atoms with Gasteiger partial charge < -0.3 is 5.32 Å². The Hall–Kier alpha value is -1.45. The SMILES string of the molecule is Cc1nsc(Nc2c(F)cccc2Br)c1C#N. The van der Waals surface area contributed by atoms with Crippen LogP contribution in [0.4, 0.5) is 15.1 Å². The third-order valence-corrected chi connectivity index (χ3v) is 3.69. The molecule has 0 saturated heterocycles. The Morgan fingerprint density at radius 1 is 1.53 bits per heavy atom. The highest BCUT2D eigenvalue weighted by molar-refractivity contribution is 9.10. The first-order valence-electron chi connectivity index (χ1n) is 4.71. The van der Waals surface area contributed by atoms with Gasteiger partial charge >= 0.3 is 0 Å². The van der Waals surface area contributed by atoms with E-state index < -0.39 is 0 Å². The summed E-state index contributed by atoms with van der Waals surface area (Å²) in [5.41, 5.74) is 1.41. The Kier molecular flexibility index (Phi) is 3.41. The Morgan fingerprint density at radius 3 is 2.94 bits per heavy atom. The summed E-state index contributed by atoms with van der Waals surface area (Å²) in [6.45, 7) is 1.75. The van der Waals surface area contributed by atoms with Gasteiger partial charge in [0.15, 0.2) is 0 Å². The van der Waals surface area contributed by atoms with Crippen molar-refractivity contribution in [3.05, 3.63) is 39.7 Å². The molecule has 0 unspecified atom stereocenters. The van der Waals surface area contributed by atoms with Crippen LogP contribution in [0.25, 0.3) is 0 Å². The number of anilines is 2. The van der Waals surface area contributed by atoms with E-state index in [1.54, 1.807) is 19.1 Å². The van der Waals surface area contributed by atoms with Crippen LogP contribution in [0.5, 0.6) is 0 Å². The lowest BCUT2D eigenvalue weighted by Gasteiger charge is -2.07. The third-order valence-electron chi connectivity index (χ3n) is 2.18. The average Bonchev–Trinajstić information content (AvgIpc) is 2.64. The summed E-state index contributed by atoms with van der Waals surface area (Å²) in [6, 6.07) is 6.74. The normalized spacial score (nSPS) is 10.0. The summed E-state index contributed by atoms with van der Waals surface area (Å²) >= 11 is 4.40. The van der Waals surface area contributed by atoms with Gasteiger partial charge in [0.1, 0.15) is 22.5 Å². The second kappa shape index (κ2) is 4.82. The molecule has 1 aromatic carbocycles. The summed E-state index contributed by atoms with van der Waals surface area (Å²) in [5.74, 6) is -0.380. The summed E-state index contributed by atoms with van der Waals surface area (Å²) in [4.78, 5) is 0. The number of halogens is 2. The molecule has 0 amide bonds. The van der Waals surface area contributed by atoms with Crippen molar-refractivity contribution in [1.29, 1.82) is 5.26 Å². The Balaban J connectivity index is 2.42. The zero-order valence-electron chi connectivity index (χ0n) is 8.79. The summed E-state index contributed by atoms with van der Waals surface area (Å²) in [6.07, 6.45) is 0. The molecule has 0 aliphatic carbocycles.